The van der Waals surface area contributed by atoms with Gasteiger partial charge in [0.15, 0.2) is 11.6 Å². The molecule has 0 aliphatic heterocycles. The maximum atomic E-state index is 13.5. The van der Waals surface area contributed by atoms with Gasteiger partial charge in [0.1, 0.15) is 0 Å². The third kappa shape index (κ3) is 6.71. The van der Waals surface area contributed by atoms with Crippen LogP contribution >= 0.6 is 11.6 Å². The van der Waals surface area contributed by atoms with Crippen LogP contribution in [-0.2, 0) is 0 Å². The molecule has 0 N–H and O–H groups in total. The highest BCUT2D eigenvalue weighted by molar-refractivity contribution is 6.33. The molecule has 0 saturated heterocycles. The van der Waals surface area contributed by atoms with Gasteiger partial charge >= 0.3 is 0 Å². The average molecular weight is 362 g/mol. The van der Waals surface area contributed by atoms with Gasteiger partial charge in [-0.3, -0.25) is 4.79 Å². The van der Waals surface area contributed by atoms with Gasteiger partial charge in [-0.25, -0.2) is 8.78 Å². The number of halogens is 3. The Morgan fingerprint density at radius 2 is 1.38 bits per heavy atom. The highest BCUT2D eigenvalue weighted by atomic mass is 35.5. The van der Waals surface area contributed by atoms with E-state index in [4.69, 9.17) is 11.6 Å². The molecule has 136 valence electrons. The van der Waals surface area contributed by atoms with Crippen LogP contribution in [0.1, 0.15) is 23.2 Å². The number of nitrogens with zero attached hydrogens (tertiary/aromatic N) is 3. The van der Waals surface area contributed by atoms with Crippen molar-refractivity contribution in [3.05, 3.63) is 34.4 Å². The summed E-state index contributed by atoms with van der Waals surface area (Å²) in [5.41, 5.74) is 0.00488. The van der Waals surface area contributed by atoms with Crippen molar-refractivity contribution in [1.82, 2.24) is 14.7 Å². The van der Waals surface area contributed by atoms with E-state index in [-0.39, 0.29) is 16.5 Å². The van der Waals surface area contributed by atoms with Crippen molar-refractivity contribution in [3.63, 3.8) is 0 Å². The van der Waals surface area contributed by atoms with Crippen molar-refractivity contribution in [2.24, 2.45) is 0 Å². The van der Waals surface area contributed by atoms with Crippen LogP contribution in [0.15, 0.2) is 12.1 Å². The number of carbonyl (C=O) groups excluding carboxylic acids is 1. The first-order valence-corrected chi connectivity index (χ1v) is 8.33. The summed E-state index contributed by atoms with van der Waals surface area (Å²) in [6.07, 6.45) is 1.59. The molecule has 0 bridgehead atoms. The Kier molecular flexibility index (Phi) is 8.59. The second-order valence-electron chi connectivity index (χ2n) is 6.35. The van der Waals surface area contributed by atoms with Crippen LogP contribution in [0.2, 0.25) is 5.02 Å². The Balaban J connectivity index is 2.86. The minimum Gasteiger partial charge on any atom is -0.339 e. The minimum atomic E-state index is -1.07. The number of hydrogen-bond acceptors (Lipinski definition) is 3. The fourth-order valence-corrected chi connectivity index (χ4v) is 2.56. The highest BCUT2D eigenvalue weighted by Crippen LogP contribution is 2.22. The summed E-state index contributed by atoms with van der Waals surface area (Å²) >= 11 is 5.94. The lowest BCUT2D eigenvalue weighted by atomic mass is 10.1. The van der Waals surface area contributed by atoms with Gasteiger partial charge in [0.05, 0.1) is 10.6 Å². The fraction of sp³-hybridized carbons (Fsp3) is 0.588. The Morgan fingerprint density at radius 1 is 0.917 bits per heavy atom. The molecule has 0 saturated carbocycles. The average Bonchev–Trinajstić information content (AvgIpc) is 2.48. The molecular formula is C17H26ClF2N3O. The number of amides is 1. The van der Waals surface area contributed by atoms with Crippen LogP contribution in [0.3, 0.4) is 0 Å². The van der Waals surface area contributed by atoms with E-state index in [1.165, 1.54) is 0 Å². The molecule has 7 heteroatoms. The molecular weight excluding hydrogens is 336 g/mol. The lowest BCUT2D eigenvalue weighted by molar-refractivity contribution is 0.0744. The van der Waals surface area contributed by atoms with Crippen LogP contribution in [0.5, 0.6) is 0 Å². The number of carbonyl (C=O) groups is 1. The van der Waals surface area contributed by atoms with Crippen molar-refractivity contribution in [1.29, 1.82) is 0 Å². The zero-order valence-corrected chi connectivity index (χ0v) is 15.5. The van der Waals surface area contributed by atoms with Gasteiger partial charge in [-0.15, -0.1) is 0 Å². The molecule has 0 unspecified atom stereocenters. The van der Waals surface area contributed by atoms with Gasteiger partial charge < -0.3 is 14.7 Å². The van der Waals surface area contributed by atoms with Gasteiger partial charge in [0.2, 0.25) is 0 Å². The van der Waals surface area contributed by atoms with Crippen LogP contribution in [0, 0.1) is 11.6 Å². The quantitative estimate of drug-likeness (QED) is 0.633. The van der Waals surface area contributed by atoms with E-state index in [2.05, 4.69) is 0 Å². The van der Waals surface area contributed by atoms with Gasteiger partial charge in [-0.1, -0.05) is 11.6 Å². The monoisotopic (exact) mass is 361 g/mol. The molecule has 4 nitrogen and oxygen atoms in total. The predicted octanol–water partition coefficient (Wildman–Crippen LogP) is 2.96. The van der Waals surface area contributed by atoms with E-state index in [1.54, 1.807) is 4.90 Å². The molecule has 0 atom stereocenters. The van der Waals surface area contributed by atoms with Crippen LogP contribution in [-0.4, -0.2) is 75.0 Å². The minimum absolute atomic E-state index is 0.00488. The summed E-state index contributed by atoms with van der Waals surface area (Å²) < 4.78 is 26.7. The Bertz CT molecular complexity index is 539. The van der Waals surface area contributed by atoms with E-state index in [1.807, 2.05) is 38.0 Å². The van der Waals surface area contributed by atoms with Crippen molar-refractivity contribution >= 4 is 17.5 Å². The van der Waals surface area contributed by atoms with Gasteiger partial charge in [-0.05, 0) is 66.3 Å². The zero-order valence-electron chi connectivity index (χ0n) is 14.8. The van der Waals surface area contributed by atoms with E-state index in [0.29, 0.717) is 13.1 Å². The zero-order chi connectivity index (χ0) is 18.3. The van der Waals surface area contributed by atoms with Crippen LogP contribution < -0.4 is 0 Å². The summed E-state index contributed by atoms with van der Waals surface area (Å²) in [7, 11) is 7.85. The molecule has 0 fully saturated rings. The first kappa shape index (κ1) is 20.8. The summed E-state index contributed by atoms with van der Waals surface area (Å²) in [6, 6.07) is 1.73. The molecule has 1 rings (SSSR count). The van der Waals surface area contributed by atoms with E-state index in [0.717, 1.165) is 38.1 Å². The first-order chi connectivity index (χ1) is 11.2. The van der Waals surface area contributed by atoms with E-state index in [9.17, 15) is 13.6 Å². The summed E-state index contributed by atoms with van der Waals surface area (Å²) in [6.45, 7) is 2.76. The third-order valence-electron chi connectivity index (χ3n) is 3.59. The maximum absolute atomic E-state index is 13.5. The molecule has 0 aliphatic carbocycles. The van der Waals surface area contributed by atoms with Gasteiger partial charge in [-0.2, -0.15) is 0 Å². The lowest BCUT2D eigenvalue weighted by Gasteiger charge is -2.25. The summed E-state index contributed by atoms with van der Waals surface area (Å²) in [4.78, 5) is 18.4. The van der Waals surface area contributed by atoms with Crippen molar-refractivity contribution in [3.8, 4) is 0 Å². The molecule has 0 aliphatic rings. The Labute approximate surface area is 148 Å². The fourth-order valence-electron chi connectivity index (χ4n) is 2.33. The second-order valence-corrected chi connectivity index (χ2v) is 6.76. The number of rotatable bonds is 9. The maximum Gasteiger partial charge on any atom is 0.255 e. The third-order valence-corrected chi connectivity index (χ3v) is 3.91. The highest BCUT2D eigenvalue weighted by Gasteiger charge is 2.20. The Morgan fingerprint density at radius 3 is 1.83 bits per heavy atom. The van der Waals surface area contributed by atoms with Crippen molar-refractivity contribution in [2.45, 2.75) is 12.8 Å². The topological polar surface area (TPSA) is 26.8 Å². The van der Waals surface area contributed by atoms with Gasteiger partial charge in [0.25, 0.3) is 5.91 Å². The van der Waals surface area contributed by atoms with E-state index >= 15 is 0 Å². The normalized spacial score (nSPS) is 11.4. The second kappa shape index (κ2) is 9.91. The van der Waals surface area contributed by atoms with Crippen molar-refractivity contribution < 1.29 is 13.6 Å². The van der Waals surface area contributed by atoms with Crippen LogP contribution in [0.25, 0.3) is 0 Å². The standard InChI is InChI=1S/C17H26ClF2N3O/c1-21(2)7-5-9-23(10-6-8-22(3)4)17(24)13-11-15(19)16(20)12-14(13)18/h11-12H,5-10H2,1-4H3. The van der Waals surface area contributed by atoms with Crippen molar-refractivity contribution in [2.75, 3.05) is 54.4 Å². The first-order valence-electron chi connectivity index (χ1n) is 7.95. The largest absolute Gasteiger partial charge is 0.339 e. The summed E-state index contributed by atoms with van der Waals surface area (Å²) in [5.74, 6) is -2.48. The SMILES string of the molecule is CN(C)CCCN(CCCN(C)C)C(=O)c1cc(F)c(F)cc1Cl. The van der Waals surface area contributed by atoms with Crippen LogP contribution in [0.4, 0.5) is 8.78 Å². The number of hydrogen-bond donors (Lipinski definition) is 0. The van der Waals surface area contributed by atoms with E-state index < -0.39 is 11.6 Å². The summed E-state index contributed by atoms with van der Waals surface area (Å²) in [5, 5.41) is -0.0656. The Hall–Kier alpha value is -1.24. The molecule has 0 aromatic heterocycles. The number of benzene rings is 1. The molecule has 24 heavy (non-hydrogen) atoms. The molecule has 1 aromatic carbocycles. The molecule has 1 aromatic rings. The molecule has 0 heterocycles. The molecule has 1 amide bonds. The van der Waals surface area contributed by atoms with Gasteiger partial charge in [0, 0.05) is 13.1 Å². The predicted molar refractivity (Wildman–Crippen MR) is 93.6 cm³/mol. The molecule has 0 radical (unpaired) electrons. The lowest BCUT2D eigenvalue weighted by Crippen LogP contribution is -2.35. The smallest absolute Gasteiger partial charge is 0.255 e. The molecule has 0 spiro atoms.